The second kappa shape index (κ2) is 5.33. The number of carboxylic acid groups (broad SMARTS) is 1. The van der Waals surface area contributed by atoms with Crippen LogP contribution in [-0.2, 0) is 4.74 Å². The summed E-state index contributed by atoms with van der Waals surface area (Å²) < 4.78 is 4.47. The molecular weight excluding hydrogens is 152 g/mol. The number of carbonyl (C=O) groups excluding carboxylic acids is 1. The highest BCUT2D eigenvalue weighted by Crippen LogP contribution is 1.73. The molecule has 6 heteroatoms. The molecule has 0 saturated carbocycles. The van der Waals surface area contributed by atoms with Crippen molar-refractivity contribution < 1.29 is 19.4 Å². The fraction of sp³-hybridized carbons (Fsp3) is 0.600. The molecule has 6 nitrogen and oxygen atoms in total. The van der Waals surface area contributed by atoms with Crippen molar-refractivity contribution in [3.05, 3.63) is 0 Å². The Morgan fingerprint density at radius 2 is 2.18 bits per heavy atom. The van der Waals surface area contributed by atoms with Gasteiger partial charge in [0, 0.05) is 7.05 Å². The average molecular weight is 162 g/mol. The van der Waals surface area contributed by atoms with Crippen molar-refractivity contribution in [1.82, 2.24) is 10.6 Å². The monoisotopic (exact) mass is 162 g/mol. The van der Waals surface area contributed by atoms with Gasteiger partial charge in [-0.3, -0.25) is 0 Å². The van der Waals surface area contributed by atoms with Crippen molar-refractivity contribution >= 4 is 12.2 Å². The number of alkyl carbamates (subject to hydrolysis) is 1. The van der Waals surface area contributed by atoms with E-state index in [4.69, 9.17) is 5.11 Å². The molecule has 0 radical (unpaired) electrons. The van der Waals surface area contributed by atoms with Gasteiger partial charge in [-0.25, -0.2) is 9.59 Å². The van der Waals surface area contributed by atoms with Crippen LogP contribution in [0.15, 0.2) is 0 Å². The lowest BCUT2D eigenvalue weighted by Gasteiger charge is -2.02. The molecule has 0 spiro atoms. The minimum Gasteiger partial charge on any atom is -0.465 e. The van der Waals surface area contributed by atoms with Gasteiger partial charge in [-0.15, -0.1) is 0 Å². The van der Waals surface area contributed by atoms with E-state index in [0.717, 1.165) is 0 Å². The molecule has 0 atom stereocenters. The predicted molar refractivity (Wildman–Crippen MR) is 36.4 cm³/mol. The Balaban J connectivity index is 3.14. The lowest BCUT2D eigenvalue weighted by molar-refractivity contribution is 0.146. The molecule has 0 saturated heterocycles. The van der Waals surface area contributed by atoms with Crippen LogP contribution in [0.5, 0.6) is 0 Å². The van der Waals surface area contributed by atoms with Gasteiger partial charge < -0.3 is 20.5 Å². The van der Waals surface area contributed by atoms with E-state index in [-0.39, 0.29) is 13.2 Å². The number of hydrogen-bond acceptors (Lipinski definition) is 3. The molecule has 3 N–H and O–H groups in total. The summed E-state index contributed by atoms with van der Waals surface area (Å²) in [6.07, 6.45) is -1.71. The van der Waals surface area contributed by atoms with E-state index in [9.17, 15) is 9.59 Å². The number of ether oxygens (including phenoxy) is 1. The second-order valence-electron chi connectivity index (χ2n) is 1.62. The molecule has 0 bridgehead atoms. The SMILES string of the molecule is CNC(=O)OCCNC(=O)O. The standard InChI is InChI=1S/C5H10N2O4/c1-6-5(10)11-3-2-7-4(8)9/h7H,2-3H2,1H3,(H,6,10)(H,8,9). The van der Waals surface area contributed by atoms with Gasteiger partial charge in [0.25, 0.3) is 0 Å². The zero-order chi connectivity index (χ0) is 8.69. The van der Waals surface area contributed by atoms with E-state index < -0.39 is 12.2 Å². The van der Waals surface area contributed by atoms with E-state index in [1.165, 1.54) is 7.05 Å². The zero-order valence-electron chi connectivity index (χ0n) is 6.09. The normalized spacial score (nSPS) is 8.45. The largest absolute Gasteiger partial charge is 0.465 e. The van der Waals surface area contributed by atoms with Crippen LogP contribution in [-0.4, -0.2) is 37.5 Å². The lowest BCUT2D eigenvalue weighted by atomic mass is 10.7. The van der Waals surface area contributed by atoms with Crippen LogP contribution in [0.3, 0.4) is 0 Å². The number of nitrogens with one attached hydrogen (secondary N) is 2. The fourth-order valence-corrected chi connectivity index (χ4v) is 0.374. The van der Waals surface area contributed by atoms with Gasteiger partial charge in [-0.1, -0.05) is 0 Å². The maximum Gasteiger partial charge on any atom is 0.406 e. The summed E-state index contributed by atoms with van der Waals surface area (Å²) >= 11 is 0. The van der Waals surface area contributed by atoms with Crippen LogP contribution >= 0.6 is 0 Å². The third kappa shape index (κ3) is 6.42. The smallest absolute Gasteiger partial charge is 0.406 e. The first-order chi connectivity index (χ1) is 5.16. The maximum absolute atomic E-state index is 10.3. The van der Waals surface area contributed by atoms with Gasteiger partial charge >= 0.3 is 12.2 Å². The Morgan fingerprint density at radius 3 is 2.64 bits per heavy atom. The Hall–Kier alpha value is -1.46. The van der Waals surface area contributed by atoms with Gasteiger partial charge in [0.2, 0.25) is 0 Å². The summed E-state index contributed by atoms with van der Waals surface area (Å²) in [4.78, 5) is 20.2. The minimum absolute atomic E-state index is 0.0337. The molecule has 0 aliphatic heterocycles. The highest BCUT2D eigenvalue weighted by atomic mass is 16.5. The lowest BCUT2D eigenvalue weighted by Crippen LogP contribution is -2.28. The Kier molecular flexibility index (Phi) is 4.63. The van der Waals surface area contributed by atoms with Gasteiger partial charge in [-0.05, 0) is 0 Å². The minimum atomic E-state index is -1.13. The van der Waals surface area contributed by atoms with Gasteiger partial charge in [0.15, 0.2) is 0 Å². The average Bonchev–Trinajstić information content (AvgIpc) is 1.97. The summed E-state index contributed by atoms with van der Waals surface area (Å²) in [5.41, 5.74) is 0. The Bertz CT molecular complexity index is 147. The van der Waals surface area contributed by atoms with Crippen molar-refractivity contribution in [2.24, 2.45) is 0 Å². The molecule has 0 aliphatic carbocycles. The van der Waals surface area contributed by atoms with Gasteiger partial charge in [0.05, 0.1) is 6.54 Å². The molecule has 0 aliphatic rings. The quantitative estimate of drug-likeness (QED) is 0.493. The van der Waals surface area contributed by atoms with E-state index in [1.807, 2.05) is 5.32 Å². The zero-order valence-corrected chi connectivity index (χ0v) is 6.09. The van der Waals surface area contributed by atoms with Crippen molar-refractivity contribution in [2.45, 2.75) is 0 Å². The molecule has 11 heavy (non-hydrogen) atoms. The predicted octanol–water partition coefficient (Wildman–Crippen LogP) is -0.390. The molecular formula is C5H10N2O4. The number of hydrogen-bond donors (Lipinski definition) is 3. The summed E-state index contributed by atoms with van der Waals surface area (Å²) in [5, 5.41) is 12.3. The van der Waals surface area contributed by atoms with E-state index in [1.54, 1.807) is 0 Å². The topological polar surface area (TPSA) is 87.7 Å². The summed E-state index contributed by atoms with van der Waals surface area (Å²) in [6.45, 7) is 0.134. The molecule has 0 aromatic carbocycles. The molecule has 0 heterocycles. The summed E-state index contributed by atoms with van der Waals surface area (Å²) in [7, 11) is 1.42. The van der Waals surface area contributed by atoms with Crippen LogP contribution in [0, 0.1) is 0 Å². The first-order valence-electron chi connectivity index (χ1n) is 2.98. The second-order valence-corrected chi connectivity index (χ2v) is 1.62. The first kappa shape index (κ1) is 9.54. The van der Waals surface area contributed by atoms with E-state index in [2.05, 4.69) is 10.1 Å². The van der Waals surface area contributed by atoms with Crippen molar-refractivity contribution in [1.29, 1.82) is 0 Å². The van der Waals surface area contributed by atoms with E-state index in [0.29, 0.717) is 0 Å². The third-order valence-corrected chi connectivity index (χ3v) is 0.816. The van der Waals surface area contributed by atoms with Crippen LogP contribution < -0.4 is 10.6 Å². The molecule has 64 valence electrons. The molecule has 0 fully saturated rings. The Labute approximate surface area is 63.5 Å². The highest BCUT2D eigenvalue weighted by Gasteiger charge is 1.97. The maximum atomic E-state index is 10.3. The molecule has 0 unspecified atom stereocenters. The Morgan fingerprint density at radius 1 is 1.55 bits per heavy atom. The molecule has 2 amide bonds. The van der Waals surface area contributed by atoms with Crippen LogP contribution in [0.1, 0.15) is 0 Å². The molecule has 0 aromatic heterocycles. The van der Waals surface area contributed by atoms with Crippen LogP contribution in [0.4, 0.5) is 9.59 Å². The van der Waals surface area contributed by atoms with Crippen LogP contribution in [0.2, 0.25) is 0 Å². The van der Waals surface area contributed by atoms with E-state index >= 15 is 0 Å². The molecule has 0 aromatic rings. The van der Waals surface area contributed by atoms with Crippen molar-refractivity contribution in [2.75, 3.05) is 20.2 Å². The molecule has 0 rings (SSSR count). The van der Waals surface area contributed by atoms with Gasteiger partial charge in [0.1, 0.15) is 6.61 Å². The highest BCUT2D eigenvalue weighted by molar-refractivity contribution is 5.67. The van der Waals surface area contributed by atoms with Crippen molar-refractivity contribution in [3.63, 3.8) is 0 Å². The summed E-state index contributed by atoms with van der Waals surface area (Å²) in [6, 6.07) is 0. The third-order valence-electron chi connectivity index (χ3n) is 0.816. The number of carbonyl (C=O) groups is 2. The van der Waals surface area contributed by atoms with Crippen LogP contribution in [0.25, 0.3) is 0 Å². The fourth-order valence-electron chi connectivity index (χ4n) is 0.374. The van der Waals surface area contributed by atoms with Gasteiger partial charge in [-0.2, -0.15) is 0 Å². The number of amides is 2. The van der Waals surface area contributed by atoms with Crippen molar-refractivity contribution in [3.8, 4) is 0 Å². The summed E-state index contributed by atoms with van der Waals surface area (Å²) in [5.74, 6) is 0. The number of rotatable bonds is 3. The first-order valence-corrected chi connectivity index (χ1v) is 2.98.